The van der Waals surface area contributed by atoms with Gasteiger partial charge in [-0.25, -0.2) is 4.79 Å². The van der Waals surface area contributed by atoms with Crippen molar-refractivity contribution in [2.75, 3.05) is 0 Å². The van der Waals surface area contributed by atoms with Gasteiger partial charge in [0.25, 0.3) is 5.91 Å². The van der Waals surface area contributed by atoms with Gasteiger partial charge in [-0.15, -0.1) is 0 Å². The predicted octanol–water partition coefficient (Wildman–Crippen LogP) is 1.78. The molecule has 6 nitrogen and oxygen atoms in total. The summed E-state index contributed by atoms with van der Waals surface area (Å²) in [6, 6.07) is 0.690. The smallest absolute Gasteiger partial charge is 0.326 e. The first-order chi connectivity index (χ1) is 9.02. The van der Waals surface area contributed by atoms with Crippen LogP contribution in [-0.4, -0.2) is 28.2 Å². The van der Waals surface area contributed by atoms with Crippen LogP contribution < -0.4 is 5.32 Å². The molecule has 2 atom stereocenters. The minimum Gasteiger partial charge on any atom is -0.480 e. The Hall–Kier alpha value is -1.85. The molecule has 1 aliphatic carbocycles. The maximum absolute atomic E-state index is 11.9. The number of carbonyl (C=O) groups is 2. The van der Waals surface area contributed by atoms with E-state index in [4.69, 9.17) is 9.63 Å². The van der Waals surface area contributed by atoms with Crippen LogP contribution in [-0.2, 0) is 4.79 Å². The highest BCUT2D eigenvalue weighted by molar-refractivity contribution is 5.94. The Kier molecular flexibility index (Phi) is 3.87. The third kappa shape index (κ3) is 3.13. The van der Waals surface area contributed by atoms with Crippen LogP contribution in [0.15, 0.2) is 10.6 Å². The van der Waals surface area contributed by atoms with Gasteiger partial charge in [-0.05, 0) is 18.8 Å². The van der Waals surface area contributed by atoms with Crippen molar-refractivity contribution in [2.45, 2.75) is 45.1 Å². The Balaban J connectivity index is 2.03. The number of amides is 1. The third-order valence-electron chi connectivity index (χ3n) is 3.51. The van der Waals surface area contributed by atoms with Crippen LogP contribution >= 0.6 is 0 Å². The van der Waals surface area contributed by atoms with E-state index < -0.39 is 17.9 Å². The Morgan fingerprint density at radius 3 is 2.79 bits per heavy atom. The molecule has 0 unspecified atom stereocenters. The summed E-state index contributed by atoms with van der Waals surface area (Å²) >= 11 is 0. The number of rotatable bonds is 6. The van der Waals surface area contributed by atoms with E-state index in [1.807, 2.05) is 6.92 Å². The average molecular weight is 266 g/mol. The summed E-state index contributed by atoms with van der Waals surface area (Å²) in [4.78, 5) is 23.1. The molecule has 6 heteroatoms. The third-order valence-corrected chi connectivity index (χ3v) is 3.51. The standard InChI is InChI=1S/C13H18N2O4/c1-3-7(2)11(13(17)18)14-12(16)10-6-9(15-19-10)8-4-5-8/h6-8,11H,3-5H2,1-2H3,(H,14,16)(H,17,18)/t7-,11-/m0/s1. The van der Waals surface area contributed by atoms with Gasteiger partial charge in [0.1, 0.15) is 6.04 Å². The molecule has 0 aliphatic heterocycles. The molecule has 1 heterocycles. The van der Waals surface area contributed by atoms with E-state index >= 15 is 0 Å². The second-order valence-corrected chi connectivity index (χ2v) is 5.07. The van der Waals surface area contributed by atoms with Gasteiger partial charge in [0.2, 0.25) is 5.76 Å². The van der Waals surface area contributed by atoms with Crippen molar-refractivity contribution in [3.8, 4) is 0 Å². The summed E-state index contributed by atoms with van der Waals surface area (Å²) in [5.74, 6) is -1.23. The zero-order chi connectivity index (χ0) is 14.0. The van der Waals surface area contributed by atoms with Crippen molar-refractivity contribution < 1.29 is 19.2 Å². The van der Waals surface area contributed by atoms with Gasteiger partial charge in [-0.1, -0.05) is 25.4 Å². The van der Waals surface area contributed by atoms with E-state index in [1.54, 1.807) is 13.0 Å². The molecule has 0 saturated heterocycles. The van der Waals surface area contributed by atoms with E-state index in [9.17, 15) is 9.59 Å². The van der Waals surface area contributed by atoms with E-state index in [2.05, 4.69) is 10.5 Å². The van der Waals surface area contributed by atoms with Gasteiger partial charge in [0.15, 0.2) is 0 Å². The number of carboxylic acid groups (broad SMARTS) is 1. The van der Waals surface area contributed by atoms with E-state index in [-0.39, 0.29) is 11.7 Å². The first-order valence-corrected chi connectivity index (χ1v) is 6.53. The maximum atomic E-state index is 11.9. The highest BCUT2D eigenvalue weighted by atomic mass is 16.5. The molecule has 1 fully saturated rings. The molecule has 0 aromatic carbocycles. The molecule has 1 aliphatic rings. The minimum atomic E-state index is -1.04. The van der Waals surface area contributed by atoms with Crippen molar-refractivity contribution in [3.05, 3.63) is 17.5 Å². The topological polar surface area (TPSA) is 92.4 Å². The number of nitrogens with one attached hydrogen (secondary N) is 1. The summed E-state index contributed by atoms with van der Waals surface area (Å²) in [6.07, 6.45) is 2.80. The van der Waals surface area contributed by atoms with E-state index in [0.717, 1.165) is 18.5 Å². The lowest BCUT2D eigenvalue weighted by molar-refractivity contribution is -0.140. The monoisotopic (exact) mass is 266 g/mol. The lowest BCUT2D eigenvalue weighted by Gasteiger charge is -2.19. The number of aliphatic carboxylic acids is 1. The number of hydrogen-bond donors (Lipinski definition) is 2. The molecule has 19 heavy (non-hydrogen) atoms. The van der Waals surface area contributed by atoms with Crippen LogP contribution in [0.3, 0.4) is 0 Å². The number of carboxylic acids is 1. The zero-order valence-corrected chi connectivity index (χ0v) is 11.0. The first-order valence-electron chi connectivity index (χ1n) is 6.53. The van der Waals surface area contributed by atoms with E-state index in [1.165, 1.54) is 0 Å². The summed E-state index contributed by atoms with van der Waals surface area (Å²) in [5, 5.41) is 15.4. The van der Waals surface area contributed by atoms with Gasteiger partial charge in [0, 0.05) is 12.0 Å². The SMILES string of the molecule is CC[C@H](C)[C@H](NC(=O)c1cc(C2CC2)no1)C(=O)O. The lowest BCUT2D eigenvalue weighted by atomic mass is 9.99. The highest BCUT2D eigenvalue weighted by Crippen LogP contribution is 2.39. The molecular weight excluding hydrogens is 248 g/mol. The molecule has 1 aromatic heterocycles. The summed E-state index contributed by atoms with van der Waals surface area (Å²) in [5.41, 5.74) is 0.778. The van der Waals surface area contributed by atoms with Gasteiger partial charge in [-0.3, -0.25) is 4.79 Å². The Morgan fingerprint density at radius 2 is 2.26 bits per heavy atom. The highest BCUT2D eigenvalue weighted by Gasteiger charge is 2.30. The maximum Gasteiger partial charge on any atom is 0.326 e. The van der Waals surface area contributed by atoms with Crippen molar-refractivity contribution in [1.29, 1.82) is 0 Å². The molecular formula is C13H18N2O4. The van der Waals surface area contributed by atoms with Crippen molar-refractivity contribution in [2.24, 2.45) is 5.92 Å². The largest absolute Gasteiger partial charge is 0.480 e. The van der Waals surface area contributed by atoms with Crippen LogP contribution in [0.2, 0.25) is 0 Å². The summed E-state index contributed by atoms with van der Waals surface area (Å²) < 4.78 is 4.97. The summed E-state index contributed by atoms with van der Waals surface area (Å²) in [6.45, 7) is 3.67. The number of hydrogen-bond acceptors (Lipinski definition) is 4. The quantitative estimate of drug-likeness (QED) is 0.818. The fraction of sp³-hybridized carbons (Fsp3) is 0.615. The lowest BCUT2D eigenvalue weighted by Crippen LogP contribution is -2.44. The van der Waals surface area contributed by atoms with Crippen molar-refractivity contribution >= 4 is 11.9 Å². The van der Waals surface area contributed by atoms with Gasteiger partial charge in [-0.2, -0.15) is 0 Å². The van der Waals surface area contributed by atoms with E-state index in [0.29, 0.717) is 12.3 Å². The van der Waals surface area contributed by atoms with Crippen molar-refractivity contribution in [1.82, 2.24) is 10.5 Å². The predicted molar refractivity (Wildman–Crippen MR) is 66.8 cm³/mol. The number of carbonyl (C=O) groups excluding carboxylic acids is 1. The number of nitrogens with zero attached hydrogens (tertiary/aromatic N) is 1. The van der Waals surface area contributed by atoms with Crippen molar-refractivity contribution in [3.63, 3.8) is 0 Å². The molecule has 104 valence electrons. The molecule has 0 bridgehead atoms. The molecule has 0 radical (unpaired) electrons. The Bertz CT molecular complexity index is 479. The van der Waals surface area contributed by atoms with Crippen LogP contribution in [0.1, 0.15) is 55.3 Å². The second-order valence-electron chi connectivity index (χ2n) is 5.07. The molecule has 2 rings (SSSR count). The first kappa shape index (κ1) is 13.6. The molecule has 1 saturated carbocycles. The Labute approximate surface area is 111 Å². The Morgan fingerprint density at radius 1 is 1.58 bits per heavy atom. The number of aromatic nitrogens is 1. The van der Waals surface area contributed by atoms with Gasteiger partial charge >= 0.3 is 5.97 Å². The molecule has 0 spiro atoms. The van der Waals surface area contributed by atoms with Gasteiger partial charge in [0.05, 0.1) is 5.69 Å². The molecule has 1 amide bonds. The molecule has 2 N–H and O–H groups in total. The fourth-order valence-corrected chi connectivity index (χ4v) is 1.86. The van der Waals surface area contributed by atoms with Crippen LogP contribution in [0.4, 0.5) is 0 Å². The second kappa shape index (κ2) is 5.42. The average Bonchev–Trinajstić information content (AvgIpc) is 3.12. The van der Waals surface area contributed by atoms with Crippen LogP contribution in [0.5, 0.6) is 0 Å². The minimum absolute atomic E-state index is 0.0800. The van der Waals surface area contributed by atoms with Crippen LogP contribution in [0, 0.1) is 5.92 Å². The summed E-state index contributed by atoms with van der Waals surface area (Å²) in [7, 11) is 0. The zero-order valence-electron chi connectivity index (χ0n) is 11.0. The molecule has 1 aromatic rings. The van der Waals surface area contributed by atoms with Crippen LogP contribution in [0.25, 0.3) is 0 Å². The normalized spacial score (nSPS) is 17.8. The fourth-order valence-electron chi connectivity index (χ4n) is 1.86. The van der Waals surface area contributed by atoms with Gasteiger partial charge < -0.3 is 14.9 Å².